The lowest BCUT2D eigenvalue weighted by atomic mass is 9.80. The Morgan fingerprint density at radius 2 is 1.43 bits per heavy atom. The molecule has 0 saturated heterocycles. The van der Waals surface area contributed by atoms with E-state index in [1.807, 2.05) is 0 Å². The van der Waals surface area contributed by atoms with Crippen molar-refractivity contribution < 1.29 is 0 Å². The van der Waals surface area contributed by atoms with Gasteiger partial charge in [-0.1, -0.05) is 55.2 Å². The zero-order chi connectivity index (χ0) is 16.4. The second-order valence-electron chi connectivity index (χ2n) is 7.58. The summed E-state index contributed by atoms with van der Waals surface area (Å²) in [5.74, 6) is 0.794. The summed E-state index contributed by atoms with van der Waals surface area (Å²) in [6.45, 7) is 9.00. The van der Waals surface area contributed by atoms with Crippen molar-refractivity contribution in [3.63, 3.8) is 0 Å². The van der Waals surface area contributed by atoms with Gasteiger partial charge in [0, 0.05) is 0 Å². The third-order valence-corrected chi connectivity index (χ3v) is 5.65. The number of rotatable bonds is 3. The Kier molecular flexibility index (Phi) is 4.90. The molecule has 0 N–H and O–H groups in total. The lowest BCUT2D eigenvalue weighted by molar-refractivity contribution is 0.442. The van der Waals surface area contributed by atoms with Gasteiger partial charge in [0.1, 0.15) is 0 Å². The number of aryl methyl sites for hydroxylation is 4. The van der Waals surface area contributed by atoms with Crippen LogP contribution in [-0.4, -0.2) is 0 Å². The van der Waals surface area contributed by atoms with E-state index in [1.165, 1.54) is 65.5 Å². The third kappa shape index (κ3) is 3.68. The molecule has 1 saturated carbocycles. The predicted molar refractivity (Wildman–Crippen MR) is 100 cm³/mol. The van der Waals surface area contributed by atoms with Crippen molar-refractivity contribution in [2.75, 3.05) is 0 Å². The van der Waals surface area contributed by atoms with E-state index in [0.717, 1.165) is 12.3 Å². The Morgan fingerprint density at radius 1 is 0.739 bits per heavy atom. The van der Waals surface area contributed by atoms with E-state index in [-0.39, 0.29) is 0 Å². The number of hydrogen-bond donors (Lipinski definition) is 0. The van der Waals surface area contributed by atoms with E-state index in [0.29, 0.717) is 0 Å². The second-order valence-corrected chi connectivity index (χ2v) is 7.58. The fourth-order valence-electron chi connectivity index (χ4n) is 4.21. The maximum atomic E-state index is 2.53. The summed E-state index contributed by atoms with van der Waals surface area (Å²) in [5.41, 5.74) is 10.3. The molecule has 23 heavy (non-hydrogen) atoms. The standard InChI is InChI=1S/C23H30/c1-16-10-11-21(17(2)12-16)14-22-15-23(19(4)13-18(22)3)20-8-6-5-7-9-20/h10-13,15,20H,5-9,14H2,1-4H3. The van der Waals surface area contributed by atoms with Crippen LogP contribution in [0.2, 0.25) is 0 Å². The predicted octanol–water partition coefficient (Wildman–Crippen LogP) is 6.56. The van der Waals surface area contributed by atoms with Crippen LogP contribution in [0.3, 0.4) is 0 Å². The molecule has 2 aromatic carbocycles. The molecule has 1 fully saturated rings. The summed E-state index contributed by atoms with van der Waals surface area (Å²) in [5, 5.41) is 0. The summed E-state index contributed by atoms with van der Waals surface area (Å²) >= 11 is 0. The molecule has 0 heteroatoms. The van der Waals surface area contributed by atoms with Crippen LogP contribution in [0.15, 0.2) is 30.3 Å². The summed E-state index contributed by atoms with van der Waals surface area (Å²) in [6, 6.07) is 11.8. The smallest absolute Gasteiger partial charge is 0.00204 e. The first kappa shape index (κ1) is 16.3. The van der Waals surface area contributed by atoms with Gasteiger partial charge in [-0.2, -0.15) is 0 Å². The van der Waals surface area contributed by atoms with Gasteiger partial charge >= 0.3 is 0 Å². The average molecular weight is 306 g/mol. The molecule has 2 aromatic rings. The van der Waals surface area contributed by atoms with Crippen LogP contribution < -0.4 is 0 Å². The largest absolute Gasteiger partial charge is 0.0590 e. The molecule has 122 valence electrons. The average Bonchev–Trinajstić information content (AvgIpc) is 2.53. The fraction of sp³-hybridized carbons (Fsp3) is 0.478. The highest BCUT2D eigenvalue weighted by molar-refractivity contribution is 5.43. The van der Waals surface area contributed by atoms with Gasteiger partial charge in [-0.05, 0) is 86.3 Å². The Bertz CT molecular complexity index is 687. The van der Waals surface area contributed by atoms with Gasteiger partial charge in [0.2, 0.25) is 0 Å². The zero-order valence-electron chi connectivity index (χ0n) is 15.2. The SMILES string of the molecule is Cc1ccc(Cc2cc(C3CCCCC3)c(C)cc2C)c(C)c1. The second kappa shape index (κ2) is 6.91. The lowest BCUT2D eigenvalue weighted by Crippen LogP contribution is -2.08. The molecular formula is C23H30. The lowest BCUT2D eigenvalue weighted by Gasteiger charge is -2.25. The van der Waals surface area contributed by atoms with Gasteiger partial charge in [-0.15, -0.1) is 0 Å². The molecule has 0 atom stereocenters. The van der Waals surface area contributed by atoms with Gasteiger partial charge in [0.25, 0.3) is 0 Å². The fourth-order valence-corrected chi connectivity index (χ4v) is 4.21. The quantitative estimate of drug-likeness (QED) is 0.602. The first-order valence-electron chi connectivity index (χ1n) is 9.21. The van der Waals surface area contributed by atoms with E-state index in [1.54, 1.807) is 5.56 Å². The minimum atomic E-state index is 0.794. The molecule has 0 aliphatic heterocycles. The zero-order valence-corrected chi connectivity index (χ0v) is 15.2. The minimum absolute atomic E-state index is 0.794. The molecule has 0 nitrogen and oxygen atoms in total. The van der Waals surface area contributed by atoms with E-state index >= 15 is 0 Å². The highest BCUT2D eigenvalue weighted by Gasteiger charge is 2.18. The number of benzene rings is 2. The van der Waals surface area contributed by atoms with Crippen molar-refractivity contribution in [3.8, 4) is 0 Å². The Balaban J connectivity index is 1.92. The highest BCUT2D eigenvalue weighted by Crippen LogP contribution is 2.35. The van der Waals surface area contributed by atoms with Crippen LogP contribution in [-0.2, 0) is 6.42 Å². The van der Waals surface area contributed by atoms with Gasteiger partial charge in [-0.25, -0.2) is 0 Å². The van der Waals surface area contributed by atoms with Crippen molar-refractivity contribution >= 4 is 0 Å². The maximum absolute atomic E-state index is 2.53. The van der Waals surface area contributed by atoms with Crippen LogP contribution >= 0.6 is 0 Å². The van der Waals surface area contributed by atoms with Gasteiger partial charge < -0.3 is 0 Å². The normalized spacial score (nSPS) is 15.8. The van der Waals surface area contributed by atoms with Crippen molar-refractivity contribution in [3.05, 3.63) is 69.3 Å². The van der Waals surface area contributed by atoms with Crippen molar-refractivity contribution in [1.82, 2.24) is 0 Å². The molecule has 0 amide bonds. The van der Waals surface area contributed by atoms with Gasteiger partial charge in [0.05, 0.1) is 0 Å². The Labute approximate surface area is 141 Å². The maximum Gasteiger partial charge on any atom is -0.00204 e. The molecule has 0 radical (unpaired) electrons. The number of hydrogen-bond acceptors (Lipinski definition) is 0. The monoisotopic (exact) mass is 306 g/mol. The van der Waals surface area contributed by atoms with Crippen molar-refractivity contribution in [1.29, 1.82) is 0 Å². The topological polar surface area (TPSA) is 0 Å². The summed E-state index contributed by atoms with van der Waals surface area (Å²) < 4.78 is 0. The molecule has 3 rings (SSSR count). The molecule has 0 heterocycles. The van der Waals surface area contributed by atoms with Crippen LogP contribution in [0.25, 0.3) is 0 Å². The Morgan fingerprint density at radius 3 is 2.13 bits per heavy atom. The molecule has 0 unspecified atom stereocenters. The minimum Gasteiger partial charge on any atom is -0.0590 e. The molecular weight excluding hydrogens is 276 g/mol. The third-order valence-electron chi connectivity index (χ3n) is 5.65. The van der Waals surface area contributed by atoms with Gasteiger partial charge in [-0.3, -0.25) is 0 Å². The Hall–Kier alpha value is -1.56. The summed E-state index contributed by atoms with van der Waals surface area (Å²) in [7, 11) is 0. The van der Waals surface area contributed by atoms with E-state index in [4.69, 9.17) is 0 Å². The molecule has 0 aromatic heterocycles. The first-order chi connectivity index (χ1) is 11.0. The van der Waals surface area contributed by atoms with E-state index in [9.17, 15) is 0 Å². The van der Waals surface area contributed by atoms with Crippen LogP contribution in [0.5, 0.6) is 0 Å². The van der Waals surface area contributed by atoms with E-state index < -0.39 is 0 Å². The van der Waals surface area contributed by atoms with Crippen molar-refractivity contribution in [2.45, 2.75) is 72.1 Å². The van der Waals surface area contributed by atoms with Crippen LogP contribution in [0.1, 0.15) is 77.0 Å². The molecule has 1 aliphatic rings. The first-order valence-corrected chi connectivity index (χ1v) is 9.21. The summed E-state index contributed by atoms with van der Waals surface area (Å²) in [4.78, 5) is 0. The molecule has 0 spiro atoms. The van der Waals surface area contributed by atoms with Crippen LogP contribution in [0.4, 0.5) is 0 Å². The molecule has 1 aliphatic carbocycles. The van der Waals surface area contributed by atoms with Crippen LogP contribution in [0, 0.1) is 27.7 Å². The molecule has 0 bridgehead atoms. The van der Waals surface area contributed by atoms with Gasteiger partial charge in [0.15, 0.2) is 0 Å². The summed E-state index contributed by atoms with van der Waals surface area (Å²) in [6.07, 6.45) is 8.07. The highest BCUT2D eigenvalue weighted by atomic mass is 14.2. The van der Waals surface area contributed by atoms with E-state index in [2.05, 4.69) is 58.0 Å². The van der Waals surface area contributed by atoms with Crippen molar-refractivity contribution in [2.24, 2.45) is 0 Å².